The Hall–Kier alpha value is -1.10. The molecular weight excluding hydrogens is 204 g/mol. The van der Waals surface area contributed by atoms with Gasteiger partial charge in [-0.05, 0) is 30.5 Å². The van der Waals surface area contributed by atoms with Gasteiger partial charge in [0, 0.05) is 20.5 Å². The summed E-state index contributed by atoms with van der Waals surface area (Å²) in [4.78, 5) is 6.13. The third kappa shape index (κ3) is 3.81. The highest BCUT2D eigenvalue weighted by Gasteiger charge is 2.11. The summed E-state index contributed by atoms with van der Waals surface area (Å²) in [6, 6.07) is 0. The lowest BCUT2D eigenvalue weighted by Crippen LogP contribution is -2.10. The van der Waals surface area contributed by atoms with E-state index in [2.05, 4.69) is 17.1 Å². The molecule has 1 aromatic heterocycles. The van der Waals surface area contributed by atoms with E-state index in [4.69, 9.17) is 10.3 Å². The monoisotopic (exact) mass is 226 g/mol. The molecule has 0 saturated heterocycles. The summed E-state index contributed by atoms with van der Waals surface area (Å²) in [6.45, 7) is 2.95. The molecule has 0 saturated carbocycles. The molecule has 0 radical (unpaired) electrons. The largest absolute Gasteiger partial charge is 0.344 e. The zero-order valence-corrected chi connectivity index (χ0v) is 10.4. The number of anilines is 1. The quantitative estimate of drug-likeness (QED) is 0.762. The number of aryl methyl sites for hydroxylation is 1. The predicted octanol–water partition coefficient (Wildman–Crippen LogP) is 1.44. The van der Waals surface area contributed by atoms with E-state index in [1.54, 1.807) is 0 Å². The third-order valence-corrected chi connectivity index (χ3v) is 2.78. The molecule has 1 heterocycles. The van der Waals surface area contributed by atoms with Gasteiger partial charge >= 0.3 is 0 Å². The van der Waals surface area contributed by atoms with Crippen LogP contribution in [0.3, 0.4) is 0 Å². The Bertz CT molecular complexity index is 298. The molecule has 0 bridgehead atoms. The summed E-state index contributed by atoms with van der Waals surface area (Å²) >= 11 is 0. The predicted molar refractivity (Wildman–Crippen MR) is 64.4 cm³/mol. The lowest BCUT2D eigenvalue weighted by atomic mass is 9.97. The summed E-state index contributed by atoms with van der Waals surface area (Å²) in [6.07, 6.45) is 4.15. The van der Waals surface area contributed by atoms with Crippen LogP contribution in [0.15, 0.2) is 4.52 Å². The topological polar surface area (TPSA) is 68.2 Å². The van der Waals surface area contributed by atoms with Crippen molar-refractivity contribution in [2.24, 2.45) is 11.7 Å². The first-order chi connectivity index (χ1) is 7.67. The molecule has 1 aromatic rings. The van der Waals surface area contributed by atoms with Gasteiger partial charge in [0.05, 0.1) is 0 Å². The zero-order valence-electron chi connectivity index (χ0n) is 10.4. The average Bonchev–Trinajstić information content (AvgIpc) is 2.73. The molecule has 0 fully saturated rings. The van der Waals surface area contributed by atoms with Crippen molar-refractivity contribution in [2.75, 3.05) is 25.5 Å². The van der Waals surface area contributed by atoms with Gasteiger partial charge in [0.25, 0.3) is 5.95 Å². The molecule has 0 aliphatic heterocycles. The molecule has 1 atom stereocenters. The number of hydrogen-bond acceptors (Lipinski definition) is 5. The van der Waals surface area contributed by atoms with Crippen LogP contribution in [0.1, 0.15) is 32.1 Å². The molecule has 0 aliphatic carbocycles. The van der Waals surface area contributed by atoms with E-state index < -0.39 is 0 Å². The smallest absolute Gasteiger partial charge is 0.265 e. The van der Waals surface area contributed by atoms with Gasteiger partial charge in [0.2, 0.25) is 5.89 Å². The fourth-order valence-electron chi connectivity index (χ4n) is 1.64. The van der Waals surface area contributed by atoms with E-state index in [-0.39, 0.29) is 0 Å². The van der Waals surface area contributed by atoms with Crippen molar-refractivity contribution in [1.29, 1.82) is 0 Å². The Labute approximate surface area is 97.0 Å². The Morgan fingerprint density at radius 1 is 1.38 bits per heavy atom. The van der Waals surface area contributed by atoms with Crippen LogP contribution < -0.4 is 10.6 Å². The molecule has 0 spiro atoms. The van der Waals surface area contributed by atoms with E-state index in [0.717, 1.165) is 38.1 Å². The summed E-state index contributed by atoms with van der Waals surface area (Å²) in [7, 11) is 3.80. The number of rotatable bonds is 7. The summed E-state index contributed by atoms with van der Waals surface area (Å²) < 4.78 is 5.16. The van der Waals surface area contributed by atoms with Crippen LogP contribution in [-0.2, 0) is 6.42 Å². The molecule has 1 rings (SSSR count). The van der Waals surface area contributed by atoms with Gasteiger partial charge < -0.3 is 15.2 Å². The fraction of sp³-hybridized carbons (Fsp3) is 0.818. The first kappa shape index (κ1) is 13.0. The Kier molecular flexibility index (Phi) is 5.25. The van der Waals surface area contributed by atoms with Crippen LogP contribution in [0, 0.1) is 5.92 Å². The van der Waals surface area contributed by atoms with Gasteiger partial charge in [-0.3, -0.25) is 0 Å². The molecule has 1 unspecified atom stereocenters. The fourth-order valence-corrected chi connectivity index (χ4v) is 1.64. The van der Waals surface area contributed by atoms with Crippen molar-refractivity contribution >= 4 is 5.95 Å². The summed E-state index contributed by atoms with van der Waals surface area (Å²) in [5.41, 5.74) is 5.56. The van der Waals surface area contributed by atoms with Crippen molar-refractivity contribution < 1.29 is 4.52 Å². The second-order valence-corrected chi connectivity index (χ2v) is 4.27. The maximum absolute atomic E-state index is 5.56. The minimum atomic E-state index is 0.641. The van der Waals surface area contributed by atoms with Crippen LogP contribution in [0.25, 0.3) is 0 Å². The lowest BCUT2D eigenvalue weighted by molar-refractivity contribution is 0.353. The highest BCUT2D eigenvalue weighted by Crippen LogP contribution is 2.16. The lowest BCUT2D eigenvalue weighted by Gasteiger charge is -2.11. The van der Waals surface area contributed by atoms with Gasteiger partial charge in [-0.25, -0.2) is 0 Å². The summed E-state index contributed by atoms with van der Waals surface area (Å²) in [5, 5.41) is 3.88. The number of aromatic nitrogens is 2. The number of nitrogens with zero attached hydrogens (tertiary/aromatic N) is 3. The van der Waals surface area contributed by atoms with Crippen molar-refractivity contribution in [1.82, 2.24) is 10.1 Å². The van der Waals surface area contributed by atoms with Gasteiger partial charge in [-0.15, -0.1) is 0 Å². The highest BCUT2D eigenvalue weighted by atomic mass is 16.5. The second kappa shape index (κ2) is 6.48. The maximum atomic E-state index is 5.56. The molecule has 2 N–H and O–H groups in total. The summed E-state index contributed by atoms with van der Waals surface area (Å²) in [5.74, 6) is 2.03. The number of nitrogens with two attached hydrogens (primary N) is 1. The Balaban J connectivity index is 2.41. The molecule has 5 nitrogen and oxygen atoms in total. The average molecular weight is 226 g/mol. The van der Waals surface area contributed by atoms with E-state index in [1.807, 2.05) is 19.0 Å². The number of hydrogen-bond donors (Lipinski definition) is 1. The van der Waals surface area contributed by atoms with Crippen molar-refractivity contribution in [3.8, 4) is 0 Å². The van der Waals surface area contributed by atoms with Crippen LogP contribution in [0.2, 0.25) is 0 Å². The van der Waals surface area contributed by atoms with Gasteiger partial charge in [-0.2, -0.15) is 4.98 Å². The normalized spacial score (nSPS) is 12.8. The standard InChI is InChI=1S/C11H22N4O/c1-4-9(7-8-12)5-6-10-13-11(14-16-10)15(2)3/h9H,4-8,12H2,1-3H3. The van der Waals surface area contributed by atoms with Crippen LogP contribution in [-0.4, -0.2) is 30.8 Å². The molecule has 92 valence electrons. The maximum Gasteiger partial charge on any atom is 0.265 e. The van der Waals surface area contributed by atoms with Crippen molar-refractivity contribution in [3.05, 3.63) is 5.89 Å². The Morgan fingerprint density at radius 2 is 2.12 bits per heavy atom. The molecule has 16 heavy (non-hydrogen) atoms. The molecule has 0 aliphatic rings. The van der Waals surface area contributed by atoms with E-state index in [1.165, 1.54) is 0 Å². The Morgan fingerprint density at radius 3 is 2.62 bits per heavy atom. The van der Waals surface area contributed by atoms with E-state index in [9.17, 15) is 0 Å². The zero-order chi connectivity index (χ0) is 12.0. The minimum absolute atomic E-state index is 0.641. The molecular formula is C11H22N4O. The van der Waals surface area contributed by atoms with Crippen molar-refractivity contribution in [3.63, 3.8) is 0 Å². The SMILES string of the molecule is CCC(CCN)CCc1nc(N(C)C)no1. The minimum Gasteiger partial charge on any atom is -0.344 e. The second-order valence-electron chi connectivity index (χ2n) is 4.27. The molecule has 0 amide bonds. The molecule has 5 heteroatoms. The first-order valence-electron chi connectivity index (χ1n) is 5.87. The molecule has 0 aromatic carbocycles. The van der Waals surface area contributed by atoms with E-state index in [0.29, 0.717) is 11.9 Å². The van der Waals surface area contributed by atoms with Crippen molar-refractivity contribution in [2.45, 2.75) is 32.6 Å². The van der Waals surface area contributed by atoms with Crippen LogP contribution in [0.4, 0.5) is 5.95 Å². The van der Waals surface area contributed by atoms with Gasteiger partial charge in [0.15, 0.2) is 0 Å². The van der Waals surface area contributed by atoms with Gasteiger partial charge in [0.1, 0.15) is 0 Å². The first-order valence-corrected chi connectivity index (χ1v) is 5.87. The van der Waals surface area contributed by atoms with Crippen LogP contribution >= 0.6 is 0 Å². The van der Waals surface area contributed by atoms with E-state index >= 15 is 0 Å². The van der Waals surface area contributed by atoms with Crippen LogP contribution in [0.5, 0.6) is 0 Å². The van der Waals surface area contributed by atoms with Gasteiger partial charge in [-0.1, -0.05) is 13.3 Å². The highest BCUT2D eigenvalue weighted by molar-refractivity contribution is 5.23. The third-order valence-electron chi connectivity index (χ3n) is 2.78.